The van der Waals surface area contributed by atoms with Crippen molar-refractivity contribution in [1.29, 1.82) is 0 Å². The molecule has 1 aliphatic rings. The topological polar surface area (TPSA) is 27.1 Å². The lowest BCUT2D eigenvalue weighted by molar-refractivity contribution is 0.184. The van der Waals surface area contributed by atoms with Crippen molar-refractivity contribution in [2.24, 2.45) is 0 Å². The molecule has 1 aliphatic heterocycles. The first kappa shape index (κ1) is 7.31. The molecule has 1 fully saturated rings. The fourth-order valence-corrected chi connectivity index (χ4v) is 1.55. The van der Waals surface area contributed by atoms with E-state index in [4.69, 9.17) is 4.74 Å². The summed E-state index contributed by atoms with van der Waals surface area (Å²) < 4.78 is 8.09. The van der Waals surface area contributed by atoms with Crippen LogP contribution in [0.5, 0.6) is 0 Å². The highest BCUT2D eigenvalue weighted by Crippen LogP contribution is 2.18. The van der Waals surface area contributed by atoms with Crippen molar-refractivity contribution in [2.45, 2.75) is 12.5 Å². The predicted molar refractivity (Wildman–Crippen MR) is 44.4 cm³/mol. The van der Waals surface area contributed by atoms with E-state index in [1.54, 1.807) is 0 Å². The van der Waals surface area contributed by atoms with Gasteiger partial charge in [0.25, 0.3) is 0 Å². The molecule has 0 amide bonds. The van der Waals surface area contributed by atoms with Crippen LogP contribution in [-0.2, 0) is 4.74 Å². The Balaban J connectivity index is 2.15. The maximum atomic E-state index is 5.24. The Bertz CT molecular complexity index is 242. The molecule has 4 heteroatoms. The molecule has 2 rings (SSSR count). The van der Waals surface area contributed by atoms with Gasteiger partial charge in [-0.05, 0) is 28.4 Å². The molecule has 11 heavy (non-hydrogen) atoms. The van der Waals surface area contributed by atoms with Gasteiger partial charge < -0.3 is 4.74 Å². The van der Waals surface area contributed by atoms with E-state index in [0.29, 0.717) is 6.04 Å². The largest absolute Gasteiger partial charge is 0.379 e. The van der Waals surface area contributed by atoms with Crippen molar-refractivity contribution in [1.82, 2.24) is 9.78 Å². The summed E-state index contributed by atoms with van der Waals surface area (Å²) in [6.07, 6.45) is 3.05. The summed E-state index contributed by atoms with van der Waals surface area (Å²) in [5.41, 5.74) is 0. The van der Waals surface area contributed by atoms with Crippen LogP contribution < -0.4 is 0 Å². The minimum atomic E-state index is 0.446. The average Bonchev–Trinajstić information content (AvgIpc) is 2.55. The van der Waals surface area contributed by atoms with E-state index in [0.717, 1.165) is 24.2 Å². The summed E-state index contributed by atoms with van der Waals surface area (Å²) in [5, 5.41) is 4.25. The molecular formula is C7H9BrN2O. The van der Waals surface area contributed by atoms with Crippen molar-refractivity contribution in [3.05, 3.63) is 16.9 Å². The molecule has 0 unspecified atom stereocenters. The van der Waals surface area contributed by atoms with Crippen LogP contribution in [-0.4, -0.2) is 23.0 Å². The van der Waals surface area contributed by atoms with Crippen LogP contribution in [0.15, 0.2) is 16.9 Å². The molecular weight excluding hydrogens is 208 g/mol. The maximum Gasteiger partial charge on any atom is 0.128 e. The number of hydrogen-bond acceptors (Lipinski definition) is 2. The SMILES string of the molecule is Brc1ccn([C@H]2CCOC2)n1. The highest BCUT2D eigenvalue weighted by Gasteiger charge is 2.17. The van der Waals surface area contributed by atoms with Gasteiger partial charge in [0, 0.05) is 12.8 Å². The number of ether oxygens (including phenoxy) is 1. The van der Waals surface area contributed by atoms with Crippen LogP contribution in [0.1, 0.15) is 12.5 Å². The summed E-state index contributed by atoms with van der Waals surface area (Å²) in [6.45, 7) is 1.66. The third-order valence-corrected chi connectivity index (χ3v) is 2.28. The Morgan fingerprint density at radius 3 is 3.18 bits per heavy atom. The molecule has 1 atom stereocenters. The number of hydrogen-bond donors (Lipinski definition) is 0. The molecule has 0 bridgehead atoms. The number of aromatic nitrogens is 2. The van der Waals surface area contributed by atoms with E-state index in [1.807, 2.05) is 16.9 Å². The van der Waals surface area contributed by atoms with E-state index in [-0.39, 0.29) is 0 Å². The smallest absolute Gasteiger partial charge is 0.128 e. The third-order valence-electron chi connectivity index (χ3n) is 1.86. The van der Waals surface area contributed by atoms with Crippen LogP contribution in [0, 0.1) is 0 Å². The van der Waals surface area contributed by atoms with Crippen molar-refractivity contribution in [3.8, 4) is 0 Å². The molecule has 0 saturated carbocycles. The zero-order valence-electron chi connectivity index (χ0n) is 6.03. The zero-order valence-corrected chi connectivity index (χ0v) is 7.62. The highest BCUT2D eigenvalue weighted by molar-refractivity contribution is 9.10. The van der Waals surface area contributed by atoms with Gasteiger partial charge in [-0.2, -0.15) is 5.10 Å². The molecule has 0 aromatic carbocycles. The summed E-state index contributed by atoms with van der Waals surface area (Å²) in [6, 6.07) is 2.39. The summed E-state index contributed by atoms with van der Waals surface area (Å²) in [5.74, 6) is 0. The van der Waals surface area contributed by atoms with E-state index in [1.165, 1.54) is 0 Å². The third kappa shape index (κ3) is 1.46. The second kappa shape index (κ2) is 2.95. The van der Waals surface area contributed by atoms with Crippen LogP contribution in [0.2, 0.25) is 0 Å². The molecule has 0 spiro atoms. The van der Waals surface area contributed by atoms with Gasteiger partial charge in [-0.15, -0.1) is 0 Å². The van der Waals surface area contributed by atoms with Gasteiger partial charge >= 0.3 is 0 Å². The quantitative estimate of drug-likeness (QED) is 0.714. The fourth-order valence-electron chi connectivity index (χ4n) is 1.25. The van der Waals surface area contributed by atoms with Crippen molar-refractivity contribution in [3.63, 3.8) is 0 Å². The van der Waals surface area contributed by atoms with Gasteiger partial charge in [-0.1, -0.05) is 0 Å². The normalized spacial score (nSPS) is 24.3. The molecule has 0 aliphatic carbocycles. The zero-order chi connectivity index (χ0) is 7.68. The van der Waals surface area contributed by atoms with E-state index in [2.05, 4.69) is 21.0 Å². The molecule has 2 heterocycles. The predicted octanol–water partition coefficient (Wildman–Crippen LogP) is 1.61. The minimum absolute atomic E-state index is 0.446. The molecule has 1 aromatic heterocycles. The molecule has 1 aromatic rings. The molecule has 0 N–H and O–H groups in total. The van der Waals surface area contributed by atoms with E-state index in [9.17, 15) is 0 Å². The highest BCUT2D eigenvalue weighted by atomic mass is 79.9. The van der Waals surface area contributed by atoms with Crippen molar-refractivity contribution < 1.29 is 4.74 Å². The average molecular weight is 217 g/mol. The summed E-state index contributed by atoms with van der Waals surface area (Å²) in [4.78, 5) is 0. The second-order valence-corrected chi connectivity index (χ2v) is 3.45. The standard InChI is InChI=1S/C7H9BrN2O/c8-7-1-3-10(9-7)6-2-4-11-5-6/h1,3,6H,2,4-5H2/t6-/m0/s1. The first-order valence-corrected chi connectivity index (χ1v) is 4.44. The van der Waals surface area contributed by atoms with Gasteiger partial charge in [0.15, 0.2) is 0 Å². The monoisotopic (exact) mass is 216 g/mol. The molecule has 1 saturated heterocycles. The Hall–Kier alpha value is -0.350. The maximum absolute atomic E-state index is 5.24. The lowest BCUT2D eigenvalue weighted by Gasteiger charge is -2.06. The number of halogens is 1. The molecule has 0 radical (unpaired) electrons. The van der Waals surface area contributed by atoms with E-state index >= 15 is 0 Å². The number of nitrogens with zero attached hydrogens (tertiary/aromatic N) is 2. The van der Waals surface area contributed by atoms with Crippen LogP contribution in [0.3, 0.4) is 0 Å². The Labute approximate surface area is 73.5 Å². The summed E-state index contributed by atoms with van der Waals surface area (Å²) >= 11 is 3.31. The first-order valence-electron chi connectivity index (χ1n) is 3.64. The minimum Gasteiger partial charge on any atom is -0.379 e. The van der Waals surface area contributed by atoms with Gasteiger partial charge in [0.1, 0.15) is 4.60 Å². The Kier molecular flexibility index (Phi) is 1.96. The second-order valence-electron chi connectivity index (χ2n) is 2.64. The Morgan fingerprint density at radius 1 is 1.73 bits per heavy atom. The molecule has 3 nitrogen and oxygen atoms in total. The van der Waals surface area contributed by atoms with Crippen LogP contribution in [0.4, 0.5) is 0 Å². The number of rotatable bonds is 1. The van der Waals surface area contributed by atoms with Gasteiger partial charge in [-0.25, -0.2) is 0 Å². The fraction of sp³-hybridized carbons (Fsp3) is 0.571. The lowest BCUT2D eigenvalue weighted by Crippen LogP contribution is -2.08. The summed E-state index contributed by atoms with van der Waals surface area (Å²) in [7, 11) is 0. The first-order chi connectivity index (χ1) is 5.36. The lowest BCUT2D eigenvalue weighted by atomic mass is 10.3. The van der Waals surface area contributed by atoms with Crippen molar-refractivity contribution >= 4 is 15.9 Å². The Morgan fingerprint density at radius 2 is 2.64 bits per heavy atom. The van der Waals surface area contributed by atoms with Gasteiger partial charge in [0.05, 0.1) is 12.6 Å². The van der Waals surface area contributed by atoms with Crippen molar-refractivity contribution in [2.75, 3.05) is 13.2 Å². The van der Waals surface area contributed by atoms with Gasteiger partial charge in [0.2, 0.25) is 0 Å². The van der Waals surface area contributed by atoms with Gasteiger partial charge in [-0.3, -0.25) is 4.68 Å². The van der Waals surface area contributed by atoms with Crippen LogP contribution in [0.25, 0.3) is 0 Å². The van der Waals surface area contributed by atoms with E-state index < -0.39 is 0 Å². The van der Waals surface area contributed by atoms with Crippen LogP contribution >= 0.6 is 15.9 Å². The molecule has 60 valence electrons.